The van der Waals surface area contributed by atoms with Crippen molar-refractivity contribution in [3.8, 4) is 11.4 Å². The van der Waals surface area contributed by atoms with Crippen LogP contribution < -0.4 is 10.1 Å². The number of hydrogen-bond acceptors (Lipinski definition) is 4. The molecular weight excluding hydrogens is 390 g/mol. The van der Waals surface area contributed by atoms with Crippen LogP contribution in [-0.4, -0.2) is 29.1 Å². The first-order chi connectivity index (χ1) is 15.0. The first kappa shape index (κ1) is 20.7. The number of amides is 1. The molecule has 0 saturated heterocycles. The largest absolute Gasteiger partial charge is 0.497 e. The quantitative estimate of drug-likeness (QED) is 0.559. The van der Waals surface area contributed by atoms with Gasteiger partial charge in [-0.2, -0.15) is 5.10 Å². The first-order valence-corrected chi connectivity index (χ1v) is 10.4. The van der Waals surface area contributed by atoms with Gasteiger partial charge in [0.2, 0.25) is 0 Å². The number of carbonyl (C=O) groups is 1. The van der Waals surface area contributed by atoms with Crippen LogP contribution in [0.25, 0.3) is 5.69 Å². The summed E-state index contributed by atoms with van der Waals surface area (Å²) in [6.45, 7) is 6.22. The Morgan fingerprint density at radius 1 is 1.06 bits per heavy atom. The molecule has 0 saturated carbocycles. The number of nitrogens with one attached hydrogen (secondary N) is 1. The molecule has 1 N–H and O–H groups in total. The van der Waals surface area contributed by atoms with E-state index in [2.05, 4.69) is 37.4 Å². The summed E-state index contributed by atoms with van der Waals surface area (Å²) >= 11 is 0. The van der Waals surface area contributed by atoms with Gasteiger partial charge in [0, 0.05) is 22.9 Å². The molecule has 4 rings (SSSR count). The average molecular weight is 418 g/mol. The molecule has 0 spiro atoms. The smallest absolute Gasteiger partial charge is 0.412 e. The van der Waals surface area contributed by atoms with Gasteiger partial charge in [-0.1, -0.05) is 24.3 Å². The number of anilines is 1. The molecular formula is C25H27N3O3. The van der Waals surface area contributed by atoms with Crippen molar-refractivity contribution >= 4 is 11.8 Å². The van der Waals surface area contributed by atoms with Crippen LogP contribution in [0.5, 0.6) is 5.75 Å². The lowest BCUT2D eigenvalue weighted by molar-refractivity contribution is 0.132. The van der Waals surface area contributed by atoms with E-state index >= 15 is 0 Å². The zero-order valence-electron chi connectivity index (χ0n) is 18.3. The number of benzene rings is 2. The minimum Gasteiger partial charge on any atom is -0.497 e. The maximum Gasteiger partial charge on any atom is 0.412 e. The predicted octanol–water partition coefficient (Wildman–Crippen LogP) is 5.47. The Balaban J connectivity index is 1.43. The molecule has 6 nitrogen and oxygen atoms in total. The van der Waals surface area contributed by atoms with Crippen molar-refractivity contribution in [1.82, 2.24) is 9.78 Å². The third kappa shape index (κ3) is 4.33. The van der Waals surface area contributed by atoms with Crippen molar-refractivity contribution in [2.24, 2.45) is 0 Å². The highest BCUT2D eigenvalue weighted by atomic mass is 16.6. The van der Waals surface area contributed by atoms with E-state index in [1.807, 2.05) is 29.8 Å². The first-order valence-electron chi connectivity index (χ1n) is 10.4. The molecule has 1 aliphatic rings. The minimum absolute atomic E-state index is 0.163. The van der Waals surface area contributed by atoms with Crippen LogP contribution in [0, 0.1) is 20.8 Å². The second kappa shape index (κ2) is 8.68. The molecule has 160 valence electrons. The molecule has 0 aliphatic heterocycles. The summed E-state index contributed by atoms with van der Waals surface area (Å²) in [5.74, 6) is 0.897. The number of aromatic nitrogens is 2. The summed E-state index contributed by atoms with van der Waals surface area (Å²) in [5.41, 5.74) is 6.24. The molecule has 3 aromatic rings. The molecule has 0 fully saturated rings. The molecule has 1 heterocycles. The fraction of sp³-hybridized carbons (Fsp3) is 0.280. The van der Waals surface area contributed by atoms with Crippen LogP contribution in [0.1, 0.15) is 34.9 Å². The Bertz CT molecular complexity index is 1120. The number of carbonyl (C=O) groups excluding carboxylic acids is 1. The van der Waals surface area contributed by atoms with Gasteiger partial charge in [-0.25, -0.2) is 9.48 Å². The third-order valence-corrected chi connectivity index (χ3v) is 5.70. The molecule has 1 amide bonds. The molecule has 0 bridgehead atoms. The van der Waals surface area contributed by atoms with E-state index in [4.69, 9.17) is 14.6 Å². The molecule has 0 radical (unpaired) electrons. The van der Waals surface area contributed by atoms with Crippen LogP contribution >= 0.6 is 0 Å². The predicted molar refractivity (Wildman–Crippen MR) is 121 cm³/mol. The van der Waals surface area contributed by atoms with Crippen LogP contribution in [0.2, 0.25) is 0 Å². The molecule has 1 aromatic heterocycles. The summed E-state index contributed by atoms with van der Waals surface area (Å²) in [6.07, 6.45) is 4.04. The van der Waals surface area contributed by atoms with Crippen molar-refractivity contribution in [3.05, 3.63) is 83.2 Å². The molecule has 1 aliphatic carbocycles. The summed E-state index contributed by atoms with van der Waals surface area (Å²) in [6, 6.07) is 15.4. The highest BCUT2D eigenvalue weighted by molar-refractivity contribution is 5.84. The highest BCUT2D eigenvalue weighted by Crippen LogP contribution is 2.35. The maximum atomic E-state index is 12.3. The molecule has 6 heteroatoms. The number of methoxy groups -OCH3 is 1. The summed E-state index contributed by atoms with van der Waals surface area (Å²) in [4.78, 5) is 12.3. The van der Waals surface area contributed by atoms with Gasteiger partial charge >= 0.3 is 6.09 Å². The maximum absolute atomic E-state index is 12.3. The Hall–Kier alpha value is -3.54. The number of rotatable bonds is 5. The number of aryl methyl sites for hydroxylation is 2. The van der Waals surface area contributed by atoms with Crippen molar-refractivity contribution in [3.63, 3.8) is 0 Å². The Labute approximate surface area is 182 Å². The van der Waals surface area contributed by atoms with Crippen LogP contribution in [-0.2, 0) is 4.74 Å². The SMILES string of the molecule is COc1ccc(NC(=O)O[C@@H]2C=C[C@@H](c3c(C)nn(-c4ccccc4C)c3C)C2)cc1. The standard InChI is InChI=1S/C25H27N3O3/c1-16-7-5-6-8-23(16)28-18(3)24(17(2)27-28)19-9-12-22(15-19)31-25(29)26-20-10-13-21(30-4)14-11-20/h5-14,19,22H,15H2,1-4H3,(H,26,29)/t19-,22-/m1/s1. The minimum atomic E-state index is -0.468. The van der Waals surface area contributed by atoms with Crippen molar-refractivity contribution in [2.45, 2.75) is 39.2 Å². The number of nitrogens with zero attached hydrogens (tertiary/aromatic N) is 2. The topological polar surface area (TPSA) is 65.4 Å². The lowest BCUT2D eigenvalue weighted by Gasteiger charge is -2.15. The monoisotopic (exact) mass is 417 g/mol. The van der Waals surface area contributed by atoms with Gasteiger partial charge in [0.25, 0.3) is 0 Å². The van der Waals surface area contributed by atoms with E-state index in [0.717, 1.165) is 22.8 Å². The summed E-state index contributed by atoms with van der Waals surface area (Å²) < 4.78 is 12.8. The van der Waals surface area contributed by atoms with Gasteiger partial charge in [0.1, 0.15) is 11.9 Å². The van der Waals surface area contributed by atoms with Gasteiger partial charge in [0.15, 0.2) is 0 Å². The van der Waals surface area contributed by atoms with Crippen molar-refractivity contribution < 1.29 is 14.3 Å². The Morgan fingerprint density at radius 3 is 2.52 bits per heavy atom. The van der Waals surface area contributed by atoms with Crippen LogP contribution in [0.4, 0.5) is 10.5 Å². The summed E-state index contributed by atoms with van der Waals surface area (Å²) in [7, 11) is 1.60. The van der Waals surface area contributed by atoms with Gasteiger partial charge in [-0.15, -0.1) is 0 Å². The van der Waals surface area contributed by atoms with E-state index in [-0.39, 0.29) is 12.0 Å². The highest BCUT2D eigenvalue weighted by Gasteiger charge is 2.28. The van der Waals surface area contributed by atoms with E-state index < -0.39 is 6.09 Å². The Kier molecular flexibility index (Phi) is 5.80. The Morgan fingerprint density at radius 2 is 1.81 bits per heavy atom. The van der Waals surface area contributed by atoms with Gasteiger partial charge in [0.05, 0.1) is 18.5 Å². The van der Waals surface area contributed by atoms with Crippen LogP contribution in [0.15, 0.2) is 60.7 Å². The van der Waals surface area contributed by atoms with E-state index in [9.17, 15) is 4.79 Å². The lowest BCUT2D eigenvalue weighted by atomic mass is 9.96. The van der Waals surface area contributed by atoms with E-state index in [0.29, 0.717) is 12.1 Å². The summed E-state index contributed by atoms with van der Waals surface area (Å²) in [5, 5.41) is 7.56. The van der Waals surface area contributed by atoms with E-state index in [1.165, 1.54) is 11.1 Å². The number of allylic oxidation sites excluding steroid dienone is 1. The fourth-order valence-corrected chi connectivity index (χ4v) is 4.15. The third-order valence-electron chi connectivity index (χ3n) is 5.70. The zero-order valence-corrected chi connectivity index (χ0v) is 18.3. The molecule has 31 heavy (non-hydrogen) atoms. The fourth-order valence-electron chi connectivity index (χ4n) is 4.15. The zero-order chi connectivity index (χ0) is 22.0. The second-order valence-corrected chi connectivity index (χ2v) is 7.81. The molecule has 2 atom stereocenters. The second-order valence-electron chi connectivity index (χ2n) is 7.81. The van der Waals surface area contributed by atoms with Crippen molar-refractivity contribution in [1.29, 1.82) is 0 Å². The normalized spacial score (nSPS) is 17.5. The average Bonchev–Trinajstić information content (AvgIpc) is 3.32. The number of hydrogen-bond donors (Lipinski definition) is 1. The van der Waals surface area contributed by atoms with E-state index in [1.54, 1.807) is 31.4 Å². The van der Waals surface area contributed by atoms with Gasteiger partial charge < -0.3 is 9.47 Å². The lowest BCUT2D eigenvalue weighted by Crippen LogP contribution is -2.20. The molecule has 2 aromatic carbocycles. The number of para-hydroxylation sites is 1. The van der Waals surface area contributed by atoms with Crippen LogP contribution in [0.3, 0.4) is 0 Å². The van der Waals surface area contributed by atoms with Crippen molar-refractivity contribution in [2.75, 3.05) is 12.4 Å². The molecule has 0 unspecified atom stereocenters. The van der Waals surface area contributed by atoms with Gasteiger partial charge in [-0.05, 0) is 69.2 Å². The number of ether oxygens (including phenoxy) is 2. The van der Waals surface area contributed by atoms with Gasteiger partial charge in [-0.3, -0.25) is 5.32 Å².